The molecule has 0 atom stereocenters. The Balaban J connectivity index is 2.02. The van der Waals surface area contributed by atoms with E-state index in [1.807, 2.05) is 0 Å². The molecule has 0 unspecified atom stereocenters. The van der Waals surface area contributed by atoms with E-state index in [1.54, 1.807) is 24.3 Å². The number of nitrogens with one attached hydrogen (secondary N) is 1. The quantitative estimate of drug-likeness (QED) is 0.850. The first-order valence-corrected chi connectivity index (χ1v) is 8.23. The van der Waals surface area contributed by atoms with Gasteiger partial charge in [-0.25, -0.2) is 17.9 Å². The maximum absolute atomic E-state index is 11.9. The zero-order chi connectivity index (χ0) is 16.2. The fraction of sp³-hybridized carbons (Fsp3) is 0.133. The lowest BCUT2D eigenvalue weighted by molar-refractivity contribution is 0.0472. The van der Waals surface area contributed by atoms with Gasteiger partial charge in [0.1, 0.15) is 6.61 Å². The number of rotatable bonds is 5. The number of hydrogen-bond donors (Lipinski definition) is 1. The van der Waals surface area contributed by atoms with Crippen molar-refractivity contribution in [1.82, 2.24) is 4.72 Å². The molecule has 0 aliphatic carbocycles. The van der Waals surface area contributed by atoms with Crippen molar-refractivity contribution in [2.45, 2.75) is 11.5 Å². The fourth-order valence-electron chi connectivity index (χ4n) is 1.70. The van der Waals surface area contributed by atoms with E-state index >= 15 is 0 Å². The summed E-state index contributed by atoms with van der Waals surface area (Å²) in [5, 5.41) is 0.608. The highest BCUT2D eigenvalue weighted by Crippen LogP contribution is 2.13. The largest absolute Gasteiger partial charge is 0.457 e. The lowest BCUT2D eigenvalue weighted by Gasteiger charge is -2.06. The second-order valence-corrected chi connectivity index (χ2v) is 6.76. The van der Waals surface area contributed by atoms with Crippen LogP contribution < -0.4 is 4.72 Å². The molecular formula is C15H14ClNO4S. The third kappa shape index (κ3) is 4.07. The molecule has 22 heavy (non-hydrogen) atoms. The molecule has 5 nitrogen and oxygen atoms in total. The van der Waals surface area contributed by atoms with Crippen molar-refractivity contribution in [3.63, 3.8) is 0 Å². The minimum Gasteiger partial charge on any atom is -0.457 e. The van der Waals surface area contributed by atoms with Crippen molar-refractivity contribution in [2.24, 2.45) is 0 Å². The van der Waals surface area contributed by atoms with Crippen LogP contribution in [0.1, 0.15) is 15.9 Å². The van der Waals surface area contributed by atoms with E-state index in [2.05, 4.69) is 4.72 Å². The summed E-state index contributed by atoms with van der Waals surface area (Å²) in [5.41, 5.74) is 1.09. The van der Waals surface area contributed by atoms with Crippen LogP contribution in [0.3, 0.4) is 0 Å². The van der Waals surface area contributed by atoms with Gasteiger partial charge in [-0.1, -0.05) is 23.7 Å². The van der Waals surface area contributed by atoms with Crippen LogP contribution in [0.15, 0.2) is 53.4 Å². The van der Waals surface area contributed by atoms with Crippen molar-refractivity contribution < 1.29 is 17.9 Å². The summed E-state index contributed by atoms with van der Waals surface area (Å²) < 4.78 is 30.5. The van der Waals surface area contributed by atoms with Crippen molar-refractivity contribution in [3.05, 3.63) is 64.7 Å². The van der Waals surface area contributed by atoms with E-state index in [4.69, 9.17) is 16.3 Å². The maximum atomic E-state index is 11.9. The standard InChI is InChI=1S/C15H14ClNO4S/c1-17-22(19,20)14-8-4-12(5-9-14)15(18)21-10-11-2-6-13(16)7-3-11/h2-9,17H,10H2,1H3. The van der Waals surface area contributed by atoms with E-state index in [-0.39, 0.29) is 17.1 Å². The number of sulfonamides is 1. The molecule has 0 heterocycles. The number of esters is 1. The highest BCUT2D eigenvalue weighted by molar-refractivity contribution is 7.89. The van der Waals surface area contributed by atoms with Crippen molar-refractivity contribution in [3.8, 4) is 0 Å². The monoisotopic (exact) mass is 339 g/mol. The Bertz CT molecular complexity index is 755. The van der Waals surface area contributed by atoms with Crippen LogP contribution in [0.25, 0.3) is 0 Å². The molecule has 0 radical (unpaired) electrons. The van der Waals surface area contributed by atoms with Crippen LogP contribution in [0, 0.1) is 0 Å². The van der Waals surface area contributed by atoms with Crippen molar-refractivity contribution in [2.75, 3.05) is 7.05 Å². The van der Waals surface area contributed by atoms with Gasteiger partial charge in [0.05, 0.1) is 10.5 Å². The van der Waals surface area contributed by atoms with E-state index in [9.17, 15) is 13.2 Å². The molecule has 1 N–H and O–H groups in total. The van der Waals surface area contributed by atoms with E-state index in [1.165, 1.54) is 31.3 Å². The van der Waals surface area contributed by atoms with E-state index < -0.39 is 16.0 Å². The van der Waals surface area contributed by atoms with Gasteiger partial charge in [-0.2, -0.15) is 0 Å². The second-order valence-electron chi connectivity index (χ2n) is 4.43. The maximum Gasteiger partial charge on any atom is 0.338 e. The minimum absolute atomic E-state index is 0.0873. The van der Waals surface area contributed by atoms with Gasteiger partial charge in [-0.3, -0.25) is 0 Å². The third-order valence-electron chi connectivity index (χ3n) is 2.95. The number of carbonyl (C=O) groups is 1. The van der Waals surface area contributed by atoms with Crippen LogP contribution in [0.2, 0.25) is 5.02 Å². The molecule has 0 saturated heterocycles. The van der Waals surface area contributed by atoms with Gasteiger partial charge in [-0.05, 0) is 49.0 Å². The lowest BCUT2D eigenvalue weighted by atomic mass is 10.2. The SMILES string of the molecule is CNS(=O)(=O)c1ccc(C(=O)OCc2ccc(Cl)cc2)cc1. The summed E-state index contributed by atoms with van der Waals surface area (Å²) in [7, 11) is -2.19. The lowest BCUT2D eigenvalue weighted by Crippen LogP contribution is -2.18. The summed E-state index contributed by atoms with van der Waals surface area (Å²) in [5.74, 6) is -0.525. The summed E-state index contributed by atoms with van der Waals surface area (Å²) in [6, 6.07) is 12.5. The van der Waals surface area contributed by atoms with Crippen LogP contribution in [0.5, 0.6) is 0 Å². The molecule has 0 spiro atoms. The first kappa shape index (κ1) is 16.5. The molecule has 7 heteroatoms. The minimum atomic E-state index is -3.51. The topological polar surface area (TPSA) is 72.5 Å². The summed E-state index contributed by atoms with van der Waals surface area (Å²) in [6.07, 6.45) is 0. The van der Waals surface area contributed by atoms with Gasteiger partial charge >= 0.3 is 5.97 Å². The van der Waals surface area contributed by atoms with E-state index in [0.29, 0.717) is 5.02 Å². The van der Waals surface area contributed by atoms with Gasteiger partial charge < -0.3 is 4.74 Å². The van der Waals surface area contributed by atoms with E-state index in [0.717, 1.165) is 5.56 Å². The van der Waals surface area contributed by atoms with Crippen LogP contribution in [0.4, 0.5) is 0 Å². The zero-order valence-corrected chi connectivity index (χ0v) is 13.3. The molecule has 0 amide bonds. The third-order valence-corrected chi connectivity index (χ3v) is 4.63. The summed E-state index contributed by atoms with van der Waals surface area (Å²) in [6.45, 7) is 0.118. The smallest absolute Gasteiger partial charge is 0.338 e. The highest BCUT2D eigenvalue weighted by atomic mass is 35.5. The Labute approximate surface area is 133 Å². The first-order chi connectivity index (χ1) is 10.4. The van der Waals surface area contributed by atoms with Crippen LogP contribution >= 0.6 is 11.6 Å². The van der Waals surface area contributed by atoms with Gasteiger partial charge in [0.15, 0.2) is 0 Å². The number of carbonyl (C=O) groups excluding carboxylic acids is 1. The van der Waals surface area contributed by atoms with Crippen molar-refractivity contribution in [1.29, 1.82) is 0 Å². The molecule has 0 aliphatic rings. The highest BCUT2D eigenvalue weighted by Gasteiger charge is 2.13. The molecule has 2 rings (SSSR count). The fourth-order valence-corrected chi connectivity index (χ4v) is 2.56. The Morgan fingerprint density at radius 3 is 2.23 bits per heavy atom. The zero-order valence-electron chi connectivity index (χ0n) is 11.7. The molecule has 0 bridgehead atoms. The molecular weight excluding hydrogens is 326 g/mol. The first-order valence-electron chi connectivity index (χ1n) is 6.37. The number of benzene rings is 2. The molecule has 0 fully saturated rings. The average Bonchev–Trinajstić information content (AvgIpc) is 2.54. The van der Waals surface area contributed by atoms with Crippen LogP contribution in [-0.4, -0.2) is 21.4 Å². The number of halogens is 1. The van der Waals surface area contributed by atoms with Crippen molar-refractivity contribution >= 4 is 27.6 Å². The molecule has 2 aromatic carbocycles. The number of ether oxygens (including phenoxy) is 1. The molecule has 0 aromatic heterocycles. The Morgan fingerprint density at radius 1 is 1.09 bits per heavy atom. The predicted molar refractivity (Wildman–Crippen MR) is 83.3 cm³/mol. The van der Waals surface area contributed by atoms with Gasteiger partial charge in [0.2, 0.25) is 10.0 Å². The average molecular weight is 340 g/mol. The molecule has 2 aromatic rings. The molecule has 0 saturated carbocycles. The van der Waals surface area contributed by atoms with Gasteiger partial charge in [-0.15, -0.1) is 0 Å². The normalized spacial score (nSPS) is 11.2. The summed E-state index contributed by atoms with van der Waals surface area (Å²) in [4.78, 5) is 12.0. The number of hydrogen-bond acceptors (Lipinski definition) is 4. The van der Waals surface area contributed by atoms with Gasteiger partial charge in [0, 0.05) is 5.02 Å². The van der Waals surface area contributed by atoms with Crippen LogP contribution in [-0.2, 0) is 21.4 Å². The second kappa shape index (κ2) is 6.91. The predicted octanol–water partition coefficient (Wildman–Crippen LogP) is 2.61. The molecule has 0 aliphatic heterocycles. The van der Waals surface area contributed by atoms with Gasteiger partial charge in [0.25, 0.3) is 0 Å². The Morgan fingerprint density at radius 2 is 1.68 bits per heavy atom. The molecule has 116 valence electrons. The Hall–Kier alpha value is -1.89. The Kier molecular flexibility index (Phi) is 5.18. The summed E-state index contributed by atoms with van der Waals surface area (Å²) >= 11 is 5.77.